The van der Waals surface area contributed by atoms with Crippen LogP contribution in [0.3, 0.4) is 0 Å². The molecule has 4 heteroatoms. The van der Waals surface area contributed by atoms with Crippen LogP contribution in [0, 0.1) is 12.8 Å². The standard InChI is InChI=1S/C23H24N2O2/c1-16-8-10-18(11-9-16)20-21(24-14-12-17(2)13-15-24)23(27)25(22(20)26)19-6-4-3-5-7-19/h3-11,17H,12-15H2,1-2H3. The molecule has 4 nitrogen and oxygen atoms in total. The highest BCUT2D eigenvalue weighted by molar-refractivity contribution is 6.45. The summed E-state index contributed by atoms with van der Waals surface area (Å²) in [5.74, 6) is 0.210. The van der Waals surface area contributed by atoms with E-state index in [-0.39, 0.29) is 11.8 Å². The molecule has 0 aromatic heterocycles. The van der Waals surface area contributed by atoms with Gasteiger partial charge in [0.15, 0.2) is 0 Å². The zero-order valence-corrected chi connectivity index (χ0v) is 15.8. The number of nitrogens with zero attached hydrogens (tertiary/aromatic N) is 2. The normalized spacial score (nSPS) is 18.6. The Kier molecular flexibility index (Phi) is 4.56. The van der Waals surface area contributed by atoms with Crippen molar-refractivity contribution < 1.29 is 9.59 Å². The SMILES string of the molecule is Cc1ccc(C2=C(N3CCC(C)CC3)C(=O)N(c3ccccc3)C2=O)cc1. The maximum Gasteiger partial charge on any atom is 0.282 e. The molecule has 2 aliphatic rings. The lowest BCUT2D eigenvalue weighted by atomic mass is 9.97. The number of benzene rings is 2. The van der Waals surface area contributed by atoms with Gasteiger partial charge in [0.05, 0.1) is 11.3 Å². The van der Waals surface area contributed by atoms with Crippen LogP contribution < -0.4 is 4.90 Å². The zero-order chi connectivity index (χ0) is 19.0. The fraction of sp³-hybridized carbons (Fsp3) is 0.304. The molecule has 0 unspecified atom stereocenters. The summed E-state index contributed by atoms with van der Waals surface area (Å²) in [5, 5.41) is 0. The Morgan fingerprint density at radius 2 is 1.48 bits per heavy atom. The van der Waals surface area contributed by atoms with Crippen molar-refractivity contribution in [3.05, 3.63) is 71.4 Å². The van der Waals surface area contributed by atoms with Gasteiger partial charge in [-0.3, -0.25) is 9.59 Å². The monoisotopic (exact) mass is 360 g/mol. The number of hydrogen-bond donors (Lipinski definition) is 0. The number of anilines is 1. The lowest BCUT2D eigenvalue weighted by molar-refractivity contribution is -0.120. The molecule has 0 N–H and O–H groups in total. The van der Waals surface area contributed by atoms with Crippen LogP contribution in [-0.4, -0.2) is 29.8 Å². The highest BCUT2D eigenvalue weighted by Gasteiger charge is 2.42. The summed E-state index contributed by atoms with van der Waals surface area (Å²) >= 11 is 0. The van der Waals surface area contributed by atoms with E-state index in [0.717, 1.165) is 37.1 Å². The third-order valence-electron chi connectivity index (χ3n) is 5.51. The van der Waals surface area contributed by atoms with Gasteiger partial charge in [0.25, 0.3) is 11.8 Å². The van der Waals surface area contributed by atoms with Crippen molar-refractivity contribution >= 4 is 23.1 Å². The van der Waals surface area contributed by atoms with Crippen molar-refractivity contribution in [1.29, 1.82) is 0 Å². The van der Waals surface area contributed by atoms with Crippen molar-refractivity contribution in [3.8, 4) is 0 Å². The molecule has 2 aromatic rings. The lowest BCUT2D eigenvalue weighted by Crippen LogP contribution is -2.38. The van der Waals surface area contributed by atoms with Gasteiger partial charge >= 0.3 is 0 Å². The summed E-state index contributed by atoms with van der Waals surface area (Å²) in [6.07, 6.45) is 2.08. The predicted molar refractivity (Wildman–Crippen MR) is 107 cm³/mol. The van der Waals surface area contributed by atoms with E-state index in [4.69, 9.17) is 0 Å². The molecule has 2 heterocycles. The van der Waals surface area contributed by atoms with Crippen molar-refractivity contribution in [2.75, 3.05) is 18.0 Å². The van der Waals surface area contributed by atoms with E-state index in [1.165, 1.54) is 4.90 Å². The van der Waals surface area contributed by atoms with E-state index in [9.17, 15) is 9.59 Å². The maximum atomic E-state index is 13.4. The molecule has 0 spiro atoms. The number of aryl methyl sites for hydroxylation is 1. The summed E-state index contributed by atoms with van der Waals surface area (Å²) < 4.78 is 0. The quantitative estimate of drug-likeness (QED) is 0.777. The number of rotatable bonds is 3. The topological polar surface area (TPSA) is 40.6 Å². The summed E-state index contributed by atoms with van der Waals surface area (Å²) in [6.45, 7) is 5.88. The predicted octanol–water partition coefficient (Wildman–Crippen LogP) is 4.01. The maximum absolute atomic E-state index is 13.4. The fourth-order valence-electron chi connectivity index (χ4n) is 3.84. The van der Waals surface area contributed by atoms with E-state index in [2.05, 4.69) is 11.8 Å². The molecule has 138 valence electrons. The first-order chi connectivity index (χ1) is 13.1. The van der Waals surface area contributed by atoms with Crippen LogP contribution in [0.15, 0.2) is 60.3 Å². The first kappa shape index (κ1) is 17.5. The Balaban J connectivity index is 1.80. The number of hydrogen-bond acceptors (Lipinski definition) is 3. The summed E-state index contributed by atoms with van der Waals surface area (Å²) in [4.78, 5) is 30.1. The van der Waals surface area contributed by atoms with Gasteiger partial charge in [0.1, 0.15) is 5.70 Å². The number of imide groups is 1. The van der Waals surface area contributed by atoms with Gasteiger partial charge in [-0.1, -0.05) is 55.0 Å². The smallest absolute Gasteiger partial charge is 0.282 e. The Labute approximate surface area is 160 Å². The highest BCUT2D eigenvalue weighted by Crippen LogP contribution is 2.36. The van der Waals surface area contributed by atoms with Crippen LogP contribution in [0.25, 0.3) is 5.57 Å². The van der Waals surface area contributed by atoms with Gasteiger partial charge in [-0.15, -0.1) is 0 Å². The Morgan fingerprint density at radius 1 is 0.852 bits per heavy atom. The molecule has 0 saturated carbocycles. The Bertz CT molecular complexity index is 892. The number of carbonyl (C=O) groups is 2. The van der Waals surface area contributed by atoms with E-state index in [0.29, 0.717) is 22.9 Å². The summed E-state index contributed by atoms with van der Waals surface area (Å²) in [7, 11) is 0. The average molecular weight is 360 g/mol. The van der Waals surface area contributed by atoms with E-state index in [1.54, 1.807) is 0 Å². The Morgan fingerprint density at radius 3 is 2.11 bits per heavy atom. The third-order valence-corrected chi connectivity index (χ3v) is 5.51. The van der Waals surface area contributed by atoms with Gasteiger partial charge in [-0.2, -0.15) is 0 Å². The number of carbonyl (C=O) groups excluding carboxylic acids is 2. The van der Waals surface area contributed by atoms with E-state index < -0.39 is 0 Å². The second-order valence-electron chi connectivity index (χ2n) is 7.54. The average Bonchev–Trinajstić information content (AvgIpc) is 2.94. The molecule has 0 atom stereocenters. The molecule has 0 aliphatic carbocycles. The molecule has 2 aromatic carbocycles. The minimum Gasteiger partial charge on any atom is -0.366 e. The van der Waals surface area contributed by atoms with Gasteiger partial charge in [0.2, 0.25) is 0 Å². The highest BCUT2D eigenvalue weighted by atomic mass is 16.2. The minimum atomic E-state index is -0.233. The molecule has 27 heavy (non-hydrogen) atoms. The molecular formula is C23H24N2O2. The van der Waals surface area contributed by atoms with Gasteiger partial charge in [0, 0.05) is 13.1 Å². The zero-order valence-electron chi connectivity index (χ0n) is 15.8. The van der Waals surface area contributed by atoms with Crippen molar-refractivity contribution in [2.24, 2.45) is 5.92 Å². The molecule has 0 radical (unpaired) electrons. The summed E-state index contributed by atoms with van der Waals surface area (Å²) in [5.41, 5.74) is 3.64. The first-order valence-corrected chi connectivity index (χ1v) is 9.56. The summed E-state index contributed by atoms with van der Waals surface area (Å²) in [6, 6.07) is 17.1. The molecule has 0 bridgehead atoms. The molecule has 1 fully saturated rings. The Hall–Kier alpha value is -2.88. The van der Waals surface area contributed by atoms with E-state index >= 15 is 0 Å². The number of likely N-dealkylation sites (tertiary alicyclic amines) is 1. The van der Waals surface area contributed by atoms with Crippen LogP contribution in [0.2, 0.25) is 0 Å². The van der Waals surface area contributed by atoms with Gasteiger partial charge < -0.3 is 4.90 Å². The van der Waals surface area contributed by atoms with Crippen LogP contribution in [0.4, 0.5) is 5.69 Å². The molecule has 4 rings (SSSR count). The van der Waals surface area contributed by atoms with Crippen molar-refractivity contribution in [2.45, 2.75) is 26.7 Å². The van der Waals surface area contributed by atoms with Crippen molar-refractivity contribution in [1.82, 2.24) is 4.90 Å². The number of amides is 2. The molecular weight excluding hydrogens is 336 g/mol. The number of piperidine rings is 1. The minimum absolute atomic E-state index is 0.212. The van der Waals surface area contributed by atoms with E-state index in [1.807, 2.05) is 61.5 Å². The fourth-order valence-corrected chi connectivity index (χ4v) is 3.84. The lowest BCUT2D eigenvalue weighted by Gasteiger charge is -2.32. The molecule has 2 amide bonds. The molecule has 1 saturated heterocycles. The van der Waals surface area contributed by atoms with Crippen LogP contribution in [0.5, 0.6) is 0 Å². The van der Waals surface area contributed by atoms with Crippen LogP contribution in [-0.2, 0) is 9.59 Å². The molecule has 2 aliphatic heterocycles. The van der Waals surface area contributed by atoms with Gasteiger partial charge in [-0.25, -0.2) is 4.90 Å². The van der Waals surface area contributed by atoms with Crippen LogP contribution >= 0.6 is 0 Å². The largest absolute Gasteiger partial charge is 0.366 e. The number of para-hydroxylation sites is 1. The second-order valence-corrected chi connectivity index (χ2v) is 7.54. The second kappa shape index (κ2) is 7.03. The van der Waals surface area contributed by atoms with Gasteiger partial charge in [-0.05, 0) is 43.4 Å². The van der Waals surface area contributed by atoms with Crippen LogP contribution in [0.1, 0.15) is 30.9 Å². The first-order valence-electron chi connectivity index (χ1n) is 9.56. The van der Waals surface area contributed by atoms with Crippen molar-refractivity contribution in [3.63, 3.8) is 0 Å². The third kappa shape index (κ3) is 3.16.